The van der Waals surface area contributed by atoms with Gasteiger partial charge in [-0.3, -0.25) is 9.78 Å². The van der Waals surface area contributed by atoms with Gasteiger partial charge in [-0.05, 0) is 94.1 Å². The zero-order chi connectivity index (χ0) is 20.4. The Kier molecular flexibility index (Phi) is 6.47. The lowest BCUT2D eigenvalue weighted by Gasteiger charge is -2.56. The van der Waals surface area contributed by atoms with Gasteiger partial charge >= 0.3 is 0 Å². The first-order chi connectivity index (χ1) is 13.9. The summed E-state index contributed by atoms with van der Waals surface area (Å²) in [6.07, 6.45) is 11.0. The maximum absolute atomic E-state index is 12.9. The molecule has 3 N–H and O–H groups in total. The van der Waals surface area contributed by atoms with Crippen LogP contribution in [0.1, 0.15) is 67.9 Å². The summed E-state index contributed by atoms with van der Waals surface area (Å²) >= 11 is 6.30. The highest BCUT2D eigenvalue weighted by Gasteiger charge is 2.50. The molecule has 1 atom stereocenters. The molecule has 0 unspecified atom stereocenters. The number of hydrogen-bond acceptors (Lipinski definition) is 4. The highest BCUT2D eigenvalue weighted by molar-refractivity contribution is 6.33. The molecule has 0 aromatic carbocycles. The van der Waals surface area contributed by atoms with E-state index in [1.165, 1.54) is 38.5 Å². The van der Waals surface area contributed by atoms with Crippen molar-refractivity contribution in [3.05, 3.63) is 28.5 Å². The molecule has 1 heterocycles. The zero-order valence-electron chi connectivity index (χ0n) is 17.4. The zero-order valence-corrected chi connectivity index (χ0v) is 18.2. The van der Waals surface area contributed by atoms with E-state index >= 15 is 0 Å². The van der Waals surface area contributed by atoms with Crippen LogP contribution in [0.25, 0.3) is 0 Å². The van der Waals surface area contributed by atoms with Gasteiger partial charge in [0.1, 0.15) is 0 Å². The first-order valence-corrected chi connectivity index (χ1v) is 11.6. The first kappa shape index (κ1) is 21.1. The molecule has 0 saturated heterocycles. The fraction of sp³-hybridized carbons (Fsp3) is 0.739. The fourth-order valence-electron chi connectivity index (χ4n) is 6.37. The van der Waals surface area contributed by atoms with Crippen molar-refractivity contribution in [2.45, 2.75) is 64.4 Å². The van der Waals surface area contributed by atoms with Gasteiger partial charge in [-0.25, -0.2) is 0 Å². The molecule has 1 aromatic rings. The van der Waals surface area contributed by atoms with E-state index in [0.29, 0.717) is 22.5 Å². The van der Waals surface area contributed by atoms with Crippen LogP contribution in [0.2, 0.25) is 5.02 Å². The van der Waals surface area contributed by atoms with E-state index in [2.05, 4.69) is 15.6 Å². The summed E-state index contributed by atoms with van der Waals surface area (Å²) in [6.45, 7) is 3.95. The predicted molar refractivity (Wildman–Crippen MR) is 115 cm³/mol. The third-order valence-electron chi connectivity index (χ3n) is 7.17. The molecule has 0 aliphatic heterocycles. The summed E-state index contributed by atoms with van der Waals surface area (Å²) < 4.78 is 0. The van der Waals surface area contributed by atoms with Crippen molar-refractivity contribution in [3.8, 4) is 0 Å². The fourth-order valence-corrected chi connectivity index (χ4v) is 6.56. The van der Waals surface area contributed by atoms with Gasteiger partial charge in [0.15, 0.2) is 0 Å². The lowest BCUT2D eigenvalue weighted by Crippen LogP contribution is -2.51. The number of halogens is 1. The minimum atomic E-state index is -0.340. The number of aryl methyl sites for hydroxylation is 1. The lowest BCUT2D eigenvalue weighted by molar-refractivity contribution is -0.0503. The largest absolute Gasteiger partial charge is 0.392 e. The minimum Gasteiger partial charge on any atom is -0.392 e. The molecule has 1 amide bonds. The number of aliphatic hydroxyl groups excluding tert-OH is 1. The molecule has 5 nitrogen and oxygen atoms in total. The molecule has 4 aliphatic rings. The van der Waals surface area contributed by atoms with Crippen molar-refractivity contribution >= 4 is 17.5 Å². The van der Waals surface area contributed by atoms with Crippen molar-refractivity contribution in [3.63, 3.8) is 0 Å². The number of aliphatic hydroxyl groups is 1. The molecule has 4 fully saturated rings. The molecule has 1 aromatic heterocycles. The molecular formula is C23H34ClN3O2. The molecule has 0 spiro atoms. The van der Waals surface area contributed by atoms with Crippen LogP contribution in [0.4, 0.5) is 0 Å². The molecule has 160 valence electrons. The number of carbonyl (C=O) groups is 1. The molecule has 5 rings (SSSR count). The highest BCUT2D eigenvalue weighted by Crippen LogP contribution is 2.59. The third kappa shape index (κ3) is 5.12. The summed E-state index contributed by atoms with van der Waals surface area (Å²) in [4.78, 5) is 17.3. The normalized spacial score (nSPS) is 31.1. The standard InChI is InChI=1S/C23H34ClN3O2/c1-15(28)12-25-4-2-3-19-8-20(21(24)13-26-19)22(29)27-14-23-9-16-5-17(10-23)7-18(6-16)11-23/h8,13,15-18,25,28H,2-7,9-12,14H2,1H3,(H,27,29)/t15-,16?,17?,18?,23?/m0/s1. The SMILES string of the molecule is C[C@H](O)CNCCCc1cc(C(=O)NCC23CC4CC(CC(C4)C2)C3)c(Cl)cn1. The van der Waals surface area contributed by atoms with Crippen molar-refractivity contribution in [2.75, 3.05) is 19.6 Å². The number of rotatable bonds is 9. The van der Waals surface area contributed by atoms with Gasteiger partial charge in [-0.15, -0.1) is 0 Å². The van der Waals surface area contributed by atoms with Crippen LogP contribution in [0.5, 0.6) is 0 Å². The quantitative estimate of drug-likeness (QED) is 0.535. The Bertz CT molecular complexity index is 702. The molecular weight excluding hydrogens is 386 g/mol. The molecule has 6 heteroatoms. The van der Waals surface area contributed by atoms with E-state index in [1.807, 2.05) is 6.07 Å². The minimum absolute atomic E-state index is 0.0679. The monoisotopic (exact) mass is 419 g/mol. The number of carbonyl (C=O) groups excluding carboxylic acids is 1. The maximum atomic E-state index is 12.9. The number of hydrogen-bond donors (Lipinski definition) is 3. The topological polar surface area (TPSA) is 74.2 Å². The summed E-state index contributed by atoms with van der Waals surface area (Å²) in [6, 6.07) is 1.84. The third-order valence-corrected chi connectivity index (χ3v) is 7.47. The van der Waals surface area contributed by atoms with Crippen molar-refractivity contribution < 1.29 is 9.90 Å². The van der Waals surface area contributed by atoms with Crippen LogP contribution in [0, 0.1) is 23.2 Å². The number of aromatic nitrogens is 1. The highest BCUT2D eigenvalue weighted by atomic mass is 35.5. The molecule has 4 bridgehead atoms. The van der Waals surface area contributed by atoms with Gasteiger partial charge in [0.05, 0.1) is 16.7 Å². The summed E-state index contributed by atoms with van der Waals surface area (Å²) in [5, 5.41) is 16.1. The van der Waals surface area contributed by atoms with Crippen LogP contribution in [0.3, 0.4) is 0 Å². The Balaban J connectivity index is 1.31. The average Bonchev–Trinajstić information content (AvgIpc) is 2.66. The second-order valence-corrected chi connectivity index (χ2v) is 10.3. The Labute approximate surface area is 179 Å². The van der Waals surface area contributed by atoms with E-state index in [4.69, 9.17) is 11.6 Å². The van der Waals surface area contributed by atoms with Crippen LogP contribution < -0.4 is 10.6 Å². The van der Waals surface area contributed by atoms with Gasteiger partial charge in [0, 0.05) is 25.0 Å². The van der Waals surface area contributed by atoms with Crippen LogP contribution in [-0.4, -0.2) is 41.7 Å². The summed E-state index contributed by atoms with van der Waals surface area (Å²) in [5.74, 6) is 2.59. The van der Waals surface area contributed by atoms with E-state index in [0.717, 1.165) is 49.4 Å². The first-order valence-electron chi connectivity index (χ1n) is 11.2. The van der Waals surface area contributed by atoms with Crippen LogP contribution in [0.15, 0.2) is 12.3 Å². The molecule has 29 heavy (non-hydrogen) atoms. The summed E-state index contributed by atoms with van der Waals surface area (Å²) in [5.41, 5.74) is 1.74. The number of nitrogens with one attached hydrogen (secondary N) is 2. The Morgan fingerprint density at radius 3 is 2.55 bits per heavy atom. The van der Waals surface area contributed by atoms with Gasteiger partial charge in [-0.2, -0.15) is 0 Å². The lowest BCUT2D eigenvalue weighted by atomic mass is 9.49. The van der Waals surface area contributed by atoms with Crippen molar-refractivity contribution in [1.82, 2.24) is 15.6 Å². The van der Waals surface area contributed by atoms with Crippen molar-refractivity contribution in [1.29, 1.82) is 0 Å². The molecule has 4 aliphatic carbocycles. The smallest absolute Gasteiger partial charge is 0.252 e. The Hall–Kier alpha value is -1.17. The van der Waals surface area contributed by atoms with Crippen molar-refractivity contribution in [2.24, 2.45) is 23.2 Å². The van der Waals surface area contributed by atoms with E-state index in [1.54, 1.807) is 13.1 Å². The Morgan fingerprint density at radius 2 is 1.93 bits per heavy atom. The number of amides is 1. The molecule has 4 saturated carbocycles. The van der Waals surface area contributed by atoms with E-state index in [9.17, 15) is 9.90 Å². The van der Waals surface area contributed by atoms with Crippen LogP contribution in [-0.2, 0) is 6.42 Å². The van der Waals surface area contributed by atoms with Gasteiger partial charge in [-0.1, -0.05) is 11.6 Å². The van der Waals surface area contributed by atoms with Gasteiger partial charge in [0.2, 0.25) is 0 Å². The predicted octanol–water partition coefficient (Wildman–Crippen LogP) is 3.58. The average molecular weight is 420 g/mol. The van der Waals surface area contributed by atoms with Crippen LogP contribution >= 0.6 is 11.6 Å². The molecule has 0 radical (unpaired) electrons. The number of pyridine rings is 1. The van der Waals surface area contributed by atoms with E-state index < -0.39 is 0 Å². The second kappa shape index (κ2) is 8.91. The maximum Gasteiger partial charge on any atom is 0.252 e. The van der Waals surface area contributed by atoms with E-state index in [-0.39, 0.29) is 12.0 Å². The summed E-state index contributed by atoms with van der Waals surface area (Å²) in [7, 11) is 0. The number of nitrogens with zero attached hydrogens (tertiary/aromatic N) is 1. The van der Waals surface area contributed by atoms with Gasteiger partial charge < -0.3 is 15.7 Å². The van der Waals surface area contributed by atoms with Gasteiger partial charge in [0.25, 0.3) is 5.91 Å². The Morgan fingerprint density at radius 1 is 1.28 bits per heavy atom. The second-order valence-electron chi connectivity index (χ2n) is 9.91.